The molecule has 4 aromatic rings. The van der Waals surface area contributed by atoms with Crippen molar-refractivity contribution in [1.82, 2.24) is 13.9 Å². The number of imidazole rings is 1. The second kappa shape index (κ2) is 15.5. The third-order valence-electron chi connectivity index (χ3n) is 8.30. The van der Waals surface area contributed by atoms with Crippen molar-refractivity contribution in [3.8, 4) is 11.4 Å². The van der Waals surface area contributed by atoms with Gasteiger partial charge >= 0.3 is 0 Å². The number of nitrogens with zero attached hydrogens (tertiary/aromatic N) is 4. The molecule has 260 valence electrons. The Hall–Kier alpha value is -2.67. The summed E-state index contributed by atoms with van der Waals surface area (Å²) < 4.78 is 65.5. The SMILES string of the molecule is COc1cc(C(C)(C)c2cnc(SCc3c(F)cc(S(=O)(=O)N(C)CCCCC[N+](C)(C)C)cc3Cl)n2-c2ccc(F)cc2)ccc1Cl. The summed E-state index contributed by atoms with van der Waals surface area (Å²) in [6.07, 6.45) is 4.31. The Kier molecular flexibility index (Phi) is 12.3. The number of aromatic nitrogens is 2. The summed E-state index contributed by atoms with van der Waals surface area (Å²) in [5.41, 5.74) is 1.89. The maximum Gasteiger partial charge on any atom is 0.242 e. The number of quaternary nitrogens is 1. The first-order valence-electron chi connectivity index (χ1n) is 15.5. The third-order valence-corrected chi connectivity index (χ3v) is 11.8. The average molecular weight is 741 g/mol. The maximum atomic E-state index is 15.6. The summed E-state index contributed by atoms with van der Waals surface area (Å²) in [6, 6.07) is 13.9. The van der Waals surface area contributed by atoms with Crippen LogP contribution in [0.3, 0.4) is 0 Å². The number of hydrogen-bond acceptors (Lipinski definition) is 5. The van der Waals surface area contributed by atoms with Gasteiger partial charge in [0.25, 0.3) is 0 Å². The zero-order valence-corrected chi connectivity index (χ0v) is 31.5. The van der Waals surface area contributed by atoms with E-state index in [-0.39, 0.29) is 27.1 Å². The second-order valence-electron chi connectivity index (χ2n) is 13.3. The topological polar surface area (TPSA) is 64.4 Å². The van der Waals surface area contributed by atoms with Crippen LogP contribution in [0.25, 0.3) is 5.69 Å². The number of benzene rings is 3. The van der Waals surface area contributed by atoms with Crippen molar-refractivity contribution in [1.29, 1.82) is 0 Å². The molecule has 0 radical (unpaired) electrons. The minimum absolute atomic E-state index is 0.00567. The molecule has 0 atom stereocenters. The molecule has 1 aromatic heterocycles. The highest BCUT2D eigenvalue weighted by molar-refractivity contribution is 7.98. The Morgan fingerprint density at radius 1 is 0.979 bits per heavy atom. The fraction of sp³-hybridized carbons (Fsp3) is 0.400. The molecule has 0 saturated heterocycles. The van der Waals surface area contributed by atoms with Crippen LogP contribution in [0.15, 0.2) is 70.8 Å². The summed E-state index contributed by atoms with van der Waals surface area (Å²) in [4.78, 5) is 4.49. The highest BCUT2D eigenvalue weighted by Gasteiger charge is 2.31. The van der Waals surface area contributed by atoms with Gasteiger partial charge < -0.3 is 9.22 Å². The van der Waals surface area contributed by atoms with E-state index in [0.717, 1.165) is 41.2 Å². The second-order valence-corrected chi connectivity index (χ2v) is 17.1. The molecule has 0 aliphatic carbocycles. The van der Waals surface area contributed by atoms with E-state index in [1.807, 2.05) is 30.5 Å². The van der Waals surface area contributed by atoms with Crippen molar-refractivity contribution in [2.75, 3.05) is 48.4 Å². The first-order valence-corrected chi connectivity index (χ1v) is 18.7. The minimum Gasteiger partial charge on any atom is -0.495 e. The lowest BCUT2D eigenvalue weighted by atomic mass is 9.81. The van der Waals surface area contributed by atoms with Crippen molar-refractivity contribution >= 4 is 45.0 Å². The van der Waals surface area contributed by atoms with Gasteiger partial charge in [-0.15, -0.1) is 0 Å². The highest BCUT2D eigenvalue weighted by atomic mass is 35.5. The van der Waals surface area contributed by atoms with E-state index in [4.69, 9.17) is 27.9 Å². The van der Waals surface area contributed by atoms with E-state index in [0.29, 0.717) is 34.6 Å². The van der Waals surface area contributed by atoms with Gasteiger partial charge in [-0.1, -0.05) is 54.9 Å². The van der Waals surface area contributed by atoms with Crippen LogP contribution in [0.1, 0.15) is 49.9 Å². The Labute approximate surface area is 297 Å². The Morgan fingerprint density at radius 3 is 2.29 bits per heavy atom. The Balaban J connectivity index is 1.59. The molecule has 0 aliphatic rings. The molecule has 0 aliphatic heterocycles. The van der Waals surface area contributed by atoms with E-state index >= 15 is 4.39 Å². The maximum absolute atomic E-state index is 15.6. The number of thioether (sulfide) groups is 1. The van der Waals surface area contributed by atoms with E-state index in [9.17, 15) is 12.8 Å². The van der Waals surface area contributed by atoms with Gasteiger partial charge in [0.05, 0.1) is 56.6 Å². The first-order chi connectivity index (χ1) is 22.5. The van der Waals surface area contributed by atoms with Crippen LogP contribution in [0.2, 0.25) is 10.0 Å². The van der Waals surface area contributed by atoms with Gasteiger partial charge in [0.1, 0.15) is 17.4 Å². The van der Waals surface area contributed by atoms with Crippen LogP contribution in [0.5, 0.6) is 5.75 Å². The normalized spacial score (nSPS) is 12.6. The quantitative estimate of drug-likeness (QED) is 0.0695. The van der Waals surface area contributed by atoms with Crippen molar-refractivity contribution in [2.24, 2.45) is 0 Å². The predicted molar refractivity (Wildman–Crippen MR) is 191 cm³/mol. The average Bonchev–Trinajstić information content (AvgIpc) is 3.45. The summed E-state index contributed by atoms with van der Waals surface area (Å²) in [7, 11) is 5.47. The molecule has 0 bridgehead atoms. The van der Waals surface area contributed by atoms with Crippen LogP contribution in [0, 0.1) is 11.6 Å². The molecule has 13 heteroatoms. The van der Waals surface area contributed by atoms with E-state index < -0.39 is 21.3 Å². The largest absolute Gasteiger partial charge is 0.495 e. The lowest BCUT2D eigenvalue weighted by Crippen LogP contribution is -2.35. The van der Waals surface area contributed by atoms with Gasteiger partial charge in [-0.05, 0) is 73.4 Å². The van der Waals surface area contributed by atoms with Crippen LogP contribution >= 0.6 is 35.0 Å². The summed E-state index contributed by atoms with van der Waals surface area (Å²) in [5.74, 6) is -0.508. The van der Waals surface area contributed by atoms with Crippen LogP contribution in [-0.4, -0.2) is 75.1 Å². The molecule has 4 rings (SSSR count). The van der Waals surface area contributed by atoms with Gasteiger partial charge in [-0.25, -0.2) is 26.5 Å². The summed E-state index contributed by atoms with van der Waals surface area (Å²) in [6.45, 7) is 5.37. The number of hydrogen-bond donors (Lipinski definition) is 0. The van der Waals surface area contributed by atoms with Gasteiger partial charge in [0.15, 0.2) is 5.16 Å². The fourth-order valence-corrected chi connectivity index (χ4v) is 8.20. The minimum atomic E-state index is -3.94. The zero-order chi connectivity index (χ0) is 35.4. The third kappa shape index (κ3) is 8.91. The lowest BCUT2D eigenvalue weighted by Gasteiger charge is -2.28. The van der Waals surface area contributed by atoms with Gasteiger partial charge in [0, 0.05) is 41.0 Å². The number of unbranched alkanes of at least 4 members (excludes halogenated alkanes) is 2. The lowest BCUT2D eigenvalue weighted by molar-refractivity contribution is -0.870. The van der Waals surface area contributed by atoms with E-state index in [1.54, 1.807) is 31.5 Å². The Bertz CT molecular complexity index is 1820. The van der Waals surface area contributed by atoms with Gasteiger partial charge in [-0.2, -0.15) is 0 Å². The monoisotopic (exact) mass is 739 g/mol. The molecule has 0 fully saturated rings. The van der Waals surface area contributed by atoms with E-state index in [1.165, 1.54) is 41.3 Å². The molecule has 0 amide bonds. The number of halogens is 4. The number of methoxy groups -OCH3 is 1. The summed E-state index contributed by atoms with van der Waals surface area (Å²) in [5, 5.41) is 1.00. The smallest absolute Gasteiger partial charge is 0.242 e. The van der Waals surface area contributed by atoms with E-state index in [2.05, 4.69) is 26.1 Å². The fourth-order valence-electron chi connectivity index (χ4n) is 5.31. The van der Waals surface area contributed by atoms with Gasteiger partial charge in [0.2, 0.25) is 10.0 Å². The molecule has 1 heterocycles. The first kappa shape index (κ1) is 38.1. The molecule has 0 N–H and O–H groups in total. The number of sulfonamides is 1. The van der Waals surface area contributed by atoms with Crippen LogP contribution < -0.4 is 4.74 Å². The molecule has 0 spiro atoms. The zero-order valence-electron chi connectivity index (χ0n) is 28.4. The molecule has 48 heavy (non-hydrogen) atoms. The van der Waals surface area contributed by atoms with Crippen molar-refractivity contribution in [3.05, 3.63) is 99.3 Å². The van der Waals surface area contributed by atoms with Gasteiger partial charge in [-0.3, -0.25) is 4.57 Å². The molecule has 3 aromatic carbocycles. The standard InChI is InChI=1S/C35H43Cl2F2N4O3S2/c1-35(2,24-11-16-29(36)32(19-24)46-7)33-22-40-34(42(33)26-14-12-25(38)13-15-26)47-23-28-30(37)20-27(21-31(28)39)48(44,45)41(3)17-9-8-10-18-43(4,5)6/h11-16,19-22H,8-10,17-18,23H2,1-7H3/q+1. The predicted octanol–water partition coefficient (Wildman–Crippen LogP) is 8.58. The summed E-state index contributed by atoms with van der Waals surface area (Å²) >= 11 is 14.1. The number of ether oxygens (including phenoxy) is 1. The van der Waals surface area contributed by atoms with Crippen molar-refractivity contribution in [3.63, 3.8) is 0 Å². The van der Waals surface area contributed by atoms with Crippen molar-refractivity contribution < 1.29 is 26.4 Å². The highest BCUT2D eigenvalue weighted by Crippen LogP contribution is 2.40. The number of rotatable bonds is 15. The van der Waals surface area contributed by atoms with Crippen LogP contribution in [-0.2, 0) is 21.2 Å². The molecular weight excluding hydrogens is 697 g/mol. The van der Waals surface area contributed by atoms with Crippen molar-refractivity contribution in [2.45, 2.75) is 54.3 Å². The molecule has 7 nitrogen and oxygen atoms in total. The molecular formula is C35H43Cl2F2N4O3S2+. The molecule has 0 saturated carbocycles. The molecule has 0 unspecified atom stereocenters. The Morgan fingerprint density at radius 2 is 1.67 bits per heavy atom. The van der Waals surface area contributed by atoms with Crippen LogP contribution in [0.4, 0.5) is 8.78 Å².